The number of anilines is 8. The molecule has 5 heterocycles. The van der Waals surface area contributed by atoms with Gasteiger partial charge in [-0.2, -0.15) is 10.2 Å². The summed E-state index contributed by atoms with van der Waals surface area (Å²) < 4.78 is 0. The number of urea groups is 2. The SMILES string of the molecule is C=CC(=O)Nc1ccc(C(=O)Nc2cccc(Nc3n[nH]c4c3CN(C(=O)NC(C)CN(C)C)C4(C)C/C=C/C(=O)Nc3ccc(C(=O)Nc4cccc(Nc5n[nH]c6c5CN(C(=O)N5CCN(C)CC5)C6(C)C)c4)cc3)c2)cc1. The lowest BCUT2D eigenvalue weighted by molar-refractivity contribution is -0.112. The third kappa shape index (κ3) is 12.4. The Balaban J connectivity index is 0.811. The first-order valence-electron chi connectivity index (χ1n) is 26.4. The van der Waals surface area contributed by atoms with E-state index >= 15 is 0 Å². The standard InChI is InChI=1S/C58H68N16O6/c1-9-47(75)60-39-22-18-37(19-23-39)53(77)65-44-16-11-14-42(32-44)63-52-46-34-73(55(79)59-36(2)33-70(6)7)58(5,50(46)67-69-52)26-12-17-48(76)61-40-24-20-38(21-25-40)54(78)64-43-15-10-13-41(31-43)62-51-45-35-74(57(3,4)49(45)66-68-51)56(80)72-29-27-71(8)28-30-72/h9-25,31-32,36H,1,26-30,33-35H2,2-8H3,(H,59,79)(H,60,75)(H,61,76)(H,64,78)(H,65,77)(H2,62,66,68)(H2,63,67,69)/b17-12+. The number of H-pyrrole nitrogens is 2. The third-order valence-electron chi connectivity index (χ3n) is 14.6. The first-order chi connectivity index (χ1) is 38.3. The average molecular weight is 1090 g/mol. The first kappa shape index (κ1) is 55.5. The summed E-state index contributed by atoms with van der Waals surface area (Å²) in [6, 6.07) is 27.0. The maximum atomic E-state index is 14.1. The highest BCUT2D eigenvalue weighted by atomic mass is 16.2. The summed E-state index contributed by atoms with van der Waals surface area (Å²) in [6.45, 7) is 15.6. The Morgan fingerprint density at radius 2 is 1.16 bits per heavy atom. The van der Waals surface area contributed by atoms with Crippen LogP contribution in [0.1, 0.15) is 77.3 Å². The van der Waals surface area contributed by atoms with Gasteiger partial charge in [0.1, 0.15) is 0 Å². The van der Waals surface area contributed by atoms with Crippen LogP contribution in [0, 0.1) is 0 Å². The van der Waals surface area contributed by atoms with E-state index in [0.717, 1.165) is 29.9 Å². The molecule has 1 saturated heterocycles. The highest BCUT2D eigenvalue weighted by Gasteiger charge is 2.47. The molecule has 80 heavy (non-hydrogen) atoms. The summed E-state index contributed by atoms with van der Waals surface area (Å²) in [7, 11) is 5.94. The van der Waals surface area contributed by atoms with Crippen molar-refractivity contribution in [1.29, 1.82) is 0 Å². The van der Waals surface area contributed by atoms with Gasteiger partial charge in [0.15, 0.2) is 11.6 Å². The quantitative estimate of drug-likeness (QED) is 0.0395. The zero-order valence-electron chi connectivity index (χ0n) is 46.0. The fourth-order valence-corrected chi connectivity index (χ4v) is 10.2. The van der Waals surface area contributed by atoms with Gasteiger partial charge >= 0.3 is 12.1 Å². The maximum Gasteiger partial charge on any atom is 0.321 e. The number of nitrogens with zero attached hydrogens (tertiary/aromatic N) is 7. The number of likely N-dealkylation sites (N-methyl/N-ethyl adjacent to an activating group) is 2. The second kappa shape index (κ2) is 23.4. The van der Waals surface area contributed by atoms with Gasteiger partial charge in [0.05, 0.1) is 35.6 Å². The van der Waals surface area contributed by atoms with E-state index in [1.165, 1.54) is 12.2 Å². The molecule has 2 unspecified atom stereocenters. The van der Waals surface area contributed by atoms with Gasteiger partial charge in [0.2, 0.25) is 11.8 Å². The zero-order chi connectivity index (χ0) is 56.9. The van der Waals surface area contributed by atoms with E-state index in [9.17, 15) is 28.8 Å². The normalized spacial score (nSPS) is 16.9. The molecule has 8 amide bonds. The second-order valence-corrected chi connectivity index (χ2v) is 21.3. The number of carbonyl (C=O) groups is 6. The molecule has 416 valence electrons. The minimum Gasteiger partial charge on any atom is -0.338 e. The molecule has 9 rings (SSSR count). The molecule has 0 aliphatic carbocycles. The lowest BCUT2D eigenvalue weighted by Gasteiger charge is -2.39. The lowest BCUT2D eigenvalue weighted by Crippen LogP contribution is -2.54. The summed E-state index contributed by atoms with van der Waals surface area (Å²) in [6.07, 6.45) is 4.55. The van der Waals surface area contributed by atoms with E-state index < -0.39 is 17.0 Å². The van der Waals surface area contributed by atoms with Crippen LogP contribution in [0.25, 0.3) is 0 Å². The monoisotopic (exact) mass is 1080 g/mol. The van der Waals surface area contributed by atoms with Crippen molar-refractivity contribution in [3.05, 3.63) is 156 Å². The molecular weight excluding hydrogens is 1020 g/mol. The van der Waals surface area contributed by atoms with E-state index in [2.05, 4.69) is 76.1 Å². The second-order valence-electron chi connectivity index (χ2n) is 21.3. The van der Waals surface area contributed by atoms with Crippen molar-refractivity contribution in [2.24, 2.45) is 0 Å². The molecule has 9 N–H and O–H groups in total. The van der Waals surface area contributed by atoms with Gasteiger partial charge in [-0.15, -0.1) is 0 Å². The van der Waals surface area contributed by atoms with Crippen molar-refractivity contribution in [3.8, 4) is 0 Å². The van der Waals surface area contributed by atoms with Crippen LogP contribution in [0.2, 0.25) is 0 Å². The van der Waals surface area contributed by atoms with Crippen LogP contribution >= 0.6 is 0 Å². The Bertz CT molecular complexity index is 3340. The van der Waals surface area contributed by atoms with Crippen LogP contribution in [0.15, 0.2) is 122 Å². The molecule has 4 aromatic carbocycles. The van der Waals surface area contributed by atoms with Crippen molar-refractivity contribution in [2.45, 2.75) is 64.3 Å². The van der Waals surface area contributed by atoms with E-state index in [4.69, 9.17) is 0 Å². The Hall–Kier alpha value is -9.28. The van der Waals surface area contributed by atoms with E-state index in [1.807, 2.05) is 80.8 Å². The number of hydrogen-bond donors (Lipinski definition) is 9. The van der Waals surface area contributed by atoms with E-state index in [1.54, 1.807) is 83.8 Å². The van der Waals surface area contributed by atoms with Gasteiger partial charge in [-0.25, -0.2) is 9.59 Å². The van der Waals surface area contributed by atoms with Crippen LogP contribution < -0.4 is 37.2 Å². The molecule has 0 spiro atoms. The number of benzene rings is 4. The van der Waals surface area contributed by atoms with Crippen molar-refractivity contribution in [3.63, 3.8) is 0 Å². The molecule has 0 saturated carbocycles. The van der Waals surface area contributed by atoms with Gasteiger partial charge < -0.3 is 61.7 Å². The minimum atomic E-state index is -0.949. The summed E-state index contributed by atoms with van der Waals surface area (Å²) in [5, 5.41) is 36.8. The van der Waals surface area contributed by atoms with Crippen LogP contribution in [0.3, 0.4) is 0 Å². The molecule has 3 aliphatic rings. The zero-order valence-corrected chi connectivity index (χ0v) is 46.0. The van der Waals surface area contributed by atoms with Gasteiger partial charge in [-0.3, -0.25) is 29.4 Å². The summed E-state index contributed by atoms with van der Waals surface area (Å²) in [4.78, 5) is 89.2. The highest BCUT2D eigenvalue weighted by Crippen LogP contribution is 2.45. The van der Waals surface area contributed by atoms with Gasteiger partial charge in [0, 0.05) is 95.1 Å². The molecule has 3 aliphatic heterocycles. The predicted molar refractivity (Wildman–Crippen MR) is 309 cm³/mol. The third-order valence-corrected chi connectivity index (χ3v) is 14.6. The summed E-state index contributed by atoms with van der Waals surface area (Å²) >= 11 is 0. The molecule has 6 aromatic rings. The molecule has 1 fully saturated rings. The van der Waals surface area contributed by atoms with Crippen LogP contribution in [-0.2, 0) is 33.8 Å². The van der Waals surface area contributed by atoms with Crippen molar-refractivity contribution in [2.75, 3.05) is 85.8 Å². The Labute approximate surface area is 464 Å². The number of fused-ring (bicyclic) bond motifs is 2. The Morgan fingerprint density at radius 1 is 0.662 bits per heavy atom. The topological polar surface area (TPSA) is 260 Å². The van der Waals surface area contributed by atoms with Crippen LogP contribution in [0.4, 0.5) is 55.3 Å². The molecule has 2 aromatic heterocycles. The largest absolute Gasteiger partial charge is 0.338 e. The molecular formula is C58H68N16O6. The molecule has 2 atom stereocenters. The number of rotatable bonds is 17. The number of aromatic nitrogens is 4. The lowest BCUT2D eigenvalue weighted by atomic mass is 9.93. The molecule has 22 heteroatoms. The molecule has 0 radical (unpaired) electrons. The highest BCUT2D eigenvalue weighted by molar-refractivity contribution is 6.06. The number of carbonyl (C=O) groups excluding carboxylic acids is 6. The number of piperazine rings is 1. The van der Waals surface area contributed by atoms with Crippen LogP contribution in [-0.4, -0.2) is 140 Å². The number of hydrogen-bond acceptors (Lipinski definition) is 12. The number of amides is 8. The van der Waals surface area contributed by atoms with E-state index in [0.29, 0.717) is 88.8 Å². The average Bonchev–Trinajstić information content (AvgIpc) is 4.36. The maximum absolute atomic E-state index is 14.1. The number of nitrogens with one attached hydrogen (secondary N) is 9. The smallest absolute Gasteiger partial charge is 0.321 e. The van der Waals surface area contributed by atoms with Gasteiger partial charge in [-0.05, 0) is 152 Å². The van der Waals surface area contributed by atoms with Gasteiger partial charge in [0.25, 0.3) is 11.8 Å². The fraction of sp³-hybridized carbons (Fsp3) is 0.310. The van der Waals surface area contributed by atoms with Crippen molar-refractivity contribution < 1.29 is 28.8 Å². The molecule has 0 bridgehead atoms. The van der Waals surface area contributed by atoms with Crippen molar-refractivity contribution in [1.82, 2.24) is 50.2 Å². The Morgan fingerprint density at radius 3 is 1.70 bits per heavy atom. The Kier molecular flexibility index (Phi) is 16.2. The molecule has 22 nitrogen and oxygen atoms in total. The predicted octanol–water partition coefficient (Wildman–Crippen LogP) is 7.94. The summed E-state index contributed by atoms with van der Waals surface area (Å²) in [5.74, 6) is -0.345. The number of aromatic amines is 2. The van der Waals surface area contributed by atoms with Crippen molar-refractivity contribution >= 4 is 81.5 Å². The summed E-state index contributed by atoms with van der Waals surface area (Å²) in [5.41, 5.74) is 5.91. The van der Waals surface area contributed by atoms with Crippen LogP contribution in [0.5, 0.6) is 0 Å². The fourth-order valence-electron chi connectivity index (χ4n) is 10.2. The van der Waals surface area contributed by atoms with E-state index in [-0.39, 0.29) is 48.8 Å². The minimum absolute atomic E-state index is 0.00739. The van der Waals surface area contributed by atoms with Gasteiger partial charge in [-0.1, -0.05) is 24.8 Å². The first-order valence-corrected chi connectivity index (χ1v) is 26.4.